The predicted molar refractivity (Wildman–Crippen MR) is 62.5 cm³/mol. The van der Waals surface area contributed by atoms with Crippen LogP contribution in [0.25, 0.3) is 0 Å². The van der Waals surface area contributed by atoms with Gasteiger partial charge in [-0.2, -0.15) is 0 Å². The minimum Gasteiger partial charge on any atom is -0.394 e. The van der Waals surface area contributed by atoms with Crippen molar-refractivity contribution in [1.29, 1.82) is 0 Å². The average molecular weight is 270 g/mol. The molecule has 8 nitrogen and oxygen atoms in total. The first-order valence-electron chi connectivity index (χ1n) is 5.72. The van der Waals surface area contributed by atoms with Crippen molar-refractivity contribution in [2.75, 3.05) is 6.61 Å². The van der Waals surface area contributed by atoms with E-state index >= 15 is 0 Å². The van der Waals surface area contributed by atoms with E-state index in [2.05, 4.69) is 0 Å². The van der Waals surface area contributed by atoms with Gasteiger partial charge in [-0.05, 0) is 6.92 Å². The number of rotatable bonds is 3. The summed E-state index contributed by atoms with van der Waals surface area (Å²) >= 11 is 0. The van der Waals surface area contributed by atoms with Crippen LogP contribution in [0.3, 0.4) is 0 Å². The molecule has 19 heavy (non-hydrogen) atoms. The molecular formula is C11H14N2O6. The molecular weight excluding hydrogens is 256 g/mol. The van der Waals surface area contributed by atoms with E-state index < -0.39 is 42.2 Å². The summed E-state index contributed by atoms with van der Waals surface area (Å²) in [5.74, 6) is -1.25. The van der Waals surface area contributed by atoms with Crippen LogP contribution in [-0.2, 0) is 9.53 Å². The van der Waals surface area contributed by atoms with E-state index in [1.807, 2.05) is 4.98 Å². The quantitative estimate of drug-likeness (QED) is 0.583. The van der Waals surface area contributed by atoms with Gasteiger partial charge in [-0.1, -0.05) is 0 Å². The van der Waals surface area contributed by atoms with Crippen LogP contribution in [0.15, 0.2) is 21.9 Å². The standard InChI is InChI=1S/C11H14N2O6/c1-5(15)8-6(4-14)19-10(9(8)17)13-3-2-7(16)12-11(13)18/h2-3,6,8-10,14,17H,4H2,1H3,(H,12,16,18). The maximum atomic E-state index is 11.6. The first kappa shape index (κ1) is 13.7. The van der Waals surface area contributed by atoms with Crippen molar-refractivity contribution in [3.63, 3.8) is 0 Å². The maximum Gasteiger partial charge on any atom is 0.330 e. The fourth-order valence-corrected chi connectivity index (χ4v) is 2.26. The minimum atomic E-state index is -1.27. The molecule has 0 bridgehead atoms. The number of carbonyl (C=O) groups is 1. The largest absolute Gasteiger partial charge is 0.394 e. The highest BCUT2D eigenvalue weighted by atomic mass is 16.5. The first-order valence-corrected chi connectivity index (χ1v) is 5.72. The lowest BCUT2D eigenvalue weighted by Gasteiger charge is -2.17. The number of ketones is 1. The van der Waals surface area contributed by atoms with Crippen molar-refractivity contribution in [2.24, 2.45) is 5.92 Å². The van der Waals surface area contributed by atoms with Gasteiger partial charge in [0, 0.05) is 12.3 Å². The lowest BCUT2D eigenvalue weighted by atomic mass is 9.94. The zero-order valence-electron chi connectivity index (χ0n) is 10.1. The Bertz CT molecular complexity index is 591. The molecule has 4 unspecified atom stereocenters. The van der Waals surface area contributed by atoms with Gasteiger partial charge in [0.15, 0.2) is 6.23 Å². The van der Waals surface area contributed by atoms with Gasteiger partial charge in [-0.3, -0.25) is 19.1 Å². The Morgan fingerprint density at radius 1 is 1.53 bits per heavy atom. The van der Waals surface area contributed by atoms with Crippen molar-refractivity contribution >= 4 is 5.78 Å². The molecule has 104 valence electrons. The highest BCUT2D eigenvalue weighted by Gasteiger charge is 2.46. The Labute approximate surface area is 107 Å². The number of aromatic nitrogens is 2. The van der Waals surface area contributed by atoms with Crippen LogP contribution in [0.2, 0.25) is 0 Å². The van der Waals surface area contributed by atoms with Gasteiger partial charge in [0.05, 0.1) is 18.6 Å². The zero-order chi connectivity index (χ0) is 14.2. The molecule has 4 atom stereocenters. The molecule has 2 heterocycles. The minimum absolute atomic E-state index is 0.341. The summed E-state index contributed by atoms with van der Waals surface area (Å²) in [6.07, 6.45) is -2.09. The number of ether oxygens (including phenoxy) is 1. The predicted octanol–water partition coefficient (Wildman–Crippen LogP) is -2.01. The van der Waals surface area contributed by atoms with E-state index in [-0.39, 0.29) is 5.78 Å². The molecule has 0 saturated carbocycles. The molecule has 0 aromatic carbocycles. The van der Waals surface area contributed by atoms with Gasteiger partial charge in [0.1, 0.15) is 11.9 Å². The van der Waals surface area contributed by atoms with E-state index in [1.165, 1.54) is 13.1 Å². The number of nitrogens with one attached hydrogen (secondary N) is 1. The number of carbonyl (C=O) groups excluding carboxylic acids is 1. The van der Waals surface area contributed by atoms with Crippen molar-refractivity contribution < 1.29 is 19.7 Å². The summed E-state index contributed by atoms with van der Waals surface area (Å²) in [6.45, 7) is 0.827. The van der Waals surface area contributed by atoms with Crippen LogP contribution in [0, 0.1) is 5.92 Å². The van der Waals surface area contributed by atoms with E-state index in [1.54, 1.807) is 0 Å². The monoisotopic (exact) mass is 270 g/mol. The molecule has 0 spiro atoms. The molecule has 3 N–H and O–H groups in total. The Kier molecular flexibility index (Phi) is 3.65. The van der Waals surface area contributed by atoms with Gasteiger partial charge in [-0.25, -0.2) is 4.79 Å². The second-order valence-corrected chi connectivity index (χ2v) is 4.39. The third-order valence-electron chi connectivity index (χ3n) is 3.15. The van der Waals surface area contributed by atoms with Crippen LogP contribution in [0.4, 0.5) is 0 Å². The third-order valence-corrected chi connectivity index (χ3v) is 3.15. The van der Waals surface area contributed by atoms with Crippen molar-refractivity contribution in [3.8, 4) is 0 Å². The maximum absolute atomic E-state index is 11.6. The summed E-state index contributed by atoms with van der Waals surface area (Å²) in [5, 5.41) is 19.2. The number of H-pyrrole nitrogens is 1. The van der Waals surface area contributed by atoms with E-state index in [0.717, 1.165) is 10.6 Å². The zero-order valence-corrected chi connectivity index (χ0v) is 10.1. The normalized spacial score (nSPS) is 30.5. The second-order valence-electron chi connectivity index (χ2n) is 4.39. The van der Waals surface area contributed by atoms with Gasteiger partial charge < -0.3 is 14.9 Å². The van der Waals surface area contributed by atoms with Crippen LogP contribution in [0.1, 0.15) is 13.2 Å². The van der Waals surface area contributed by atoms with Crippen molar-refractivity contribution in [3.05, 3.63) is 33.1 Å². The summed E-state index contributed by atoms with van der Waals surface area (Å²) in [4.78, 5) is 36.1. The summed E-state index contributed by atoms with van der Waals surface area (Å²) in [5.41, 5.74) is -1.33. The van der Waals surface area contributed by atoms with Crippen molar-refractivity contribution in [2.45, 2.75) is 25.4 Å². The molecule has 1 aliphatic heterocycles. The molecule has 8 heteroatoms. The molecule has 1 aromatic heterocycles. The summed E-state index contributed by atoms with van der Waals surface area (Å²) in [6, 6.07) is 1.10. The number of hydrogen-bond donors (Lipinski definition) is 3. The van der Waals surface area contributed by atoms with Crippen LogP contribution < -0.4 is 11.2 Å². The Morgan fingerprint density at radius 2 is 2.21 bits per heavy atom. The Balaban J connectivity index is 2.39. The fraction of sp³-hybridized carbons (Fsp3) is 0.545. The van der Waals surface area contributed by atoms with Crippen molar-refractivity contribution in [1.82, 2.24) is 9.55 Å². The Hall–Kier alpha value is -1.77. The lowest BCUT2D eigenvalue weighted by molar-refractivity contribution is -0.125. The van der Waals surface area contributed by atoms with E-state index in [9.17, 15) is 19.5 Å². The van der Waals surface area contributed by atoms with Crippen LogP contribution >= 0.6 is 0 Å². The molecule has 1 saturated heterocycles. The highest BCUT2D eigenvalue weighted by molar-refractivity contribution is 5.79. The number of Topliss-reactive ketones (excluding diaryl/α,β-unsaturated/α-hetero) is 1. The number of aromatic amines is 1. The first-order chi connectivity index (χ1) is 8.95. The third kappa shape index (κ3) is 2.37. The SMILES string of the molecule is CC(=O)C1C(CO)OC(n2ccc(=O)[nH]c2=O)C1O. The number of aliphatic hydroxyl groups excluding tert-OH is 2. The van der Waals surface area contributed by atoms with E-state index in [0.29, 0.717) is 0 Å². The number of hydrogen-bond acceptors (Lipinski definition) is 6. The van der Waals surface area contributed by atoms with Gasteiger partial charge >= 0.3 is 5.69 Å². The summed E-state index contributed by atoms with van der Waals surface area (Å²) < 4.78 is 6.31. The molecule has 2 rings (SSSR count). The number of aliphatic hydroxyl groups is 2. The molecule has 0 aliphatic carbocycles. The lowest BCUT2D eigenvalue weighted by Crippen LogP contribution is -2.37. The topological polar surface area (TPSA) is 122 Å². The molecule has 1 aliphatic rings. The Morgan fingerprint density at radius 3 is 2.68 bits per heavy atom. The van der Waals surface area contributed by atoms with Crippen LogP contribution in [-0.4, -0.2) is 44.4 Å². The van der Waals surface area contributed by atoms with Gasteiger partial charge in [0.25, 0.3) is 5.56 Å². The molecule has 0 radical (unpaired) electrons. The fourth-order valence-electron chi connectivity index (χ4n) is 2.26. The van der Waals surface area contributed by atoms with Gasteiger partial charge in [0.2, 0.25) is 0 Å². The summed E-state index contributed by atoms with van der Waals surface area (Å²) in [7, 11) is 0. The second kappa shape index (κ2) is 5.08. The highest BCUT2D eigenvalue weighted by Crippen LogP contribution is 2.33. The molecule has 1 fully saturated rings. The smallest absolute Gasteiger partial charge is 0.330 e. The molecule has 0 amide bonds. The number of nitrogens with zero attached hydrogens (tertiary/aromatic N) is 1. The average Bonchev–Trinajstić information content (AvgIpc) is 2.66. The van der Waals surface area contributed by atoms with E-state index in [4.69, 9.17) is 9.84 Å². The van der Waals surface area contributed by atoms with Gasteiger partial charge in [-0.15, -0.1) is 0 Å². The molecule has 1 aromatic rings. The van der Waals surface area contributed by atoms with Crippen LogP contribution in [0.5, 0.6) is 0 Å².